The van der Waals surface area contributed by atoms with Crippen LogP contribution in [0.15, 0.2) is 18.2 Å². The van der Waals surface area contributed by atoms with Crippen LogP contribution in [0, 0.1) is 5.41 Å². The van der Waals surface area contributed by atoms with Crippen LogP contribution in [0.2, 0.25) is 0 Å². The second kappa shape index (κ2) is 5.09. The molecule has 0 amide bonds. The van der Waals surface area contributed by atoms with Crippen LogP contribution in [0.3, 0.4) is 0 Å². The van der Waals surface area contributed by atoms with Crippen molar-refractivity contribution in [2.24, 2.45) is 5.41 Å². The SMILES string of the molecule is COc1ccc(NC2CCCC2(C)C)cc1OC. The normalized spacial score (nSPS) is 21.7. The Morgan fingerprint density at radius 3 is 2.44 bits per heavy atom. The van der Waals surface area contributed by atoms with E-state index in [4.69, 9.17) is 9.47 Å². The number of rotatable bonds is 4. The van der Waals surface area contributed by atoms with Crippen molar-refractivity contribution in [3.8, 4) is 11.5 Å². The summed E-state index contributed by atoms with van der Waals surface area (Å²) in [4.78, 5) is 0. The van der Waals surface area contributed by atoms with E-state index in [2.05, 4.69) is 25.2 Å². The molecule has 2 rings (SSSR count). The van der Waals surface area contributed by atoms with Gasteiger partial charge in [-0.05, 0) is 30.4 Å². The summed E-state index contributed by atoms with van der Waals surface area (Å²) in [6.07, 6.45) is 3.83. The Bertz CT molecular complexity index is 415. The number of benzene rings is 1. The molecule has 1 N–H and O–H groups in total. The highest BCUT2D eigenvalue weighted by Gasteiger charge is 2.34. The monoisotopic (exact) mass is 249 g/mol. The van der Waals surface area contributed by atoms with Gasteiger partial charge in [-0.3, -0.25) is 0 Å². The van der Waals surface area contributed by atoms with Crippen LogP contribution in [-0.4, -0.2) is 20.3 Å². The topological polar surface area (TPSA) is 30.5 Å². The van der Waals surface area contributed by atoms with E-state index in [9.17, 15) is 0 Å². The van der Waals surface area contributed by atoms with Gasteiger partial charge in [-0.15, -0.1) is 0 Å². The van der Waals surface area contributed by atoms with Crippen LogP contribution >= 0.6 is 0 Å². The summed E-state index contributed by atoms with van der Waals surface area (Å²) in [6.45, 7) is 4.66. The standard InChI is InChI=1S/C15H23NO2/c1-15(2)9-5-6-14(15)16-11-7-8-12(17-3)13(10-11)18-4/h7-8,10,14,16H,5-6,9H2,1-4H3. The first-order valence-corrected chi connectivity index (χ1v) is 6.55. The van der Waals surface area contributed by atoms with Gasteiger partial charge in [0.1, 0.15) is 0 Å². The van der Waals surface area contributed by atoms with Crippen LogP contribution in [-0.2, 0) is 0 Å². The van der Waals surface area contributed by atoms with Crippen LogP contribution < -0.4 is 14.8 Å². The highest BCUT2D eigenvalue weighted by Crippen LogP contribution is 2.40. The minimum atomic E-state index is 0.368. The molecule has 1 aliphatic carbocycles. The van der Waals surface area contributed by atoms with Gasteiger partial charge in [0, 0.05) is 17.8 Å². The number of hydrogen-bond donors (Lipinski definition) is 1. The maximum absolute atomic E-state index is 5.33. The summed E-state index contributed by atoms with van der Waals surface area (Å²) in [5, 5.41) is 3.62. The quantitative estimate of drug-likeness (QED) is 0.882. The molecule has 1 aliphatic rings. The molecule has 0 spiro atoms. The van der Waals surface area contributed by atoms with Gasteiger partial charge in [-0.1, -0.05) is 20.3 Å². The Morgan fingerprint density at radius 2 is 1.89 bits per heavy atom. The van der Waals surface area contributed by atoms with Gasteiger partial charge in [0.25, 0.3) is 0 Å². The molecule has 1 atom stereocenters. The molecule has 1 unspecified atom stereocenters. The predicted molar refractivity (Wildman–Crippen MR) is 74.6 cm³/mol. The van der Waals surface area contributed by atoms with Crippen LogP contribution in [0.4, 0.5) is 5.69 Å². The minimum Gasteiger partial charge on any atom is -0.493 e. The van der Waals surface area contributed by atoms with Crippen molar-refractivity contribution in [3.63, 3.8) is 0 Å². The van der Waals surface area contributed by atoms with E-state index >= 15 is 0 Å². The van der Waals surface area contributed by atoms with Crippen molar-refractivity contribution in [1.29, 1.82) is 0 Å². The van der Waals surface area contributed by atoms with Gasteiger partial charge in [-0.2, -0.15) is 0 Å². The Hall–Kier alpha value is -1.38. The third-order valence-corrected chi connectivity index (χ3v) is 3.98. The minimum absolute atomic E-state index is 0.368. The van der Waals surface area contributed by atoms with Crippen LogP contribution in [0.25, 0.3) is 0 Å². The van der Waals surface area contributed by atoms with E-state index in [0.29, 0.717) is 11.5 Å². The van der Waals surface area contributed by atoms with Crippen molar-refractivity contribution >= 4 is 5.69 Å². The number of ether oxygens (including phenoxy) is 2. The van der Waals surface area contributed by atoms with Gasteiger partial charge >= 0.3 is 0 Å². The molecular weight excluding hydrogens is 226 g/mol. The van der Waals surface area contributed by atoms with Crippen molar-refractivity contribution in [2.75, 3.05) is 19.5 Å². The summed E-state index contributed by atoms with van der Waals surface area (Å²) in [7, 11) is 3.33. The molecule has 1 fully saturated rings. The first-order valence-electron chi connectivity index (χ1n) is 6.55. The Kier molecular flexibility index (Phi) is 3.69. The lowest BCUT2D eigenvalue weighted by Gasteiger charge is -2.29. The molecule has 3 nitrogen and oxygen atoms in total. The molecule has 100 valence electrons. The molecule has 0 saturated heterocycles. The Morgan fingerprint density at radius 1 is 1.17 bits per heavy atom. The number of nitrogens with one attached hydrogen (secondary N) is 1. The summed E-state index contributed by atoms with van der Waals surface area (Å²) >= 11 is 0. The van der Waals surface area contributed by atoms with Crippen molar-refractivity contribution in [3.05, 3.63) is 18.2 Å². The van der Waals surface area contributed by atoms with Gasteiger partial charge in [0.15, 0.2) is 11.5 Å². The lowest BCUT2D eigenvalue weighted by Crippen LogP contribution is -2.30. The molecule has 1 saturated carbocycles. The van der Waals surface area contributed by atoms with Crippen molar-refractivity contribution in [1.82, 2.24) is 0 Å². The van der Waals surface area contributed by atoms with E-state index < -0.39 is 0 Å². The molecule has 3 heteroatoms. The van der Waals surface area contributed by atoms with Crippen LogP contribution in [0.5, 0.6) is 11.5 Å². The second-order valence-corrected chi connectivity index (χ2v) is 5.65. The molecule has 0 heterocycles. The fourth-order valence-corrected chi connectivity index (χ4v) is 2.72. The van der Waals surface area contributed by atoms with E-state index in [1.165, 1.54) is 19.3 Å². The highest BCUT2D eigenvalue weighted by molar-refractivity contribution is 5.55. The predicted octanol–water partition coefficient (Wildman–Crippen LogP) is 3.69. The lowest BCUT2D eigenvalue weighted by molar-refractivity contribution is 0.348. The molecule has 0 bridgehead atoms. The number of methoxy groups -OCH3 is 2. The number of anilines is 1. The zero-order valence-corrected chi connectivity index (χ0v) is 11.7. The van der Waals surface area contributed by atoms with Crippen LogP contribution in [0.1, 0.15) is 33.1 Å². The Labute approximate surface area is 109 Å². The third-order valence-electron chi connectivity index (χ3n) is 3.98. The lowest BCUT2D eigenvalue weighted by atomic mass is 9.87. The van der Waals surface area contributed by atoms with E-state index in [1.54, 1.807) is 14.2 Å². The van der Waals surface area contributed by atoms with Gasteiger partial charge in [0.05, 0.1) is 14.2 Å². The van der Waals surface area contributed by atoms with Gasteiger partial charge in [-0.25, -0.2) is 0 Å². The third kappa shape index (κ3) is 2.55. The molecule has 0 aliphatic heterocycles. The van der Waals surface area contributed by atoms with Gasteiger partial charge in [0.2, 0.25) is 0 Å². The average molecular weight is 249 g/mol. The zero-order chi connectivity index (χ0) is 13.2. The highest BCUT2D eigenvalue weighted by atomic mass is 16.5. The number of hydrogen-bond acceptors (Lipinski definition) is 3. The maximum atomic E-state index is 5.33. The smallest absolute Gasteiger partial charge is 0.162 e. The molecule has 0 radical (unpaired) electrons. The van der Waals surface area contributed by atoms with E-state index in [-0.39, 0.29) is 0 Å². The first-order chi connectivity index (χ1) is 8.56. The fourth-order valence-electron chi connectivity index (χ4n) is 2.72. The molecule has 1 aromatic rings. The summed E-state index contributed by atoms with van der Waals surface area (Å²) in [5.74, 6) is 1.55. The summed E-state index contributed by atoms with van der Waals surface area (Å²) in [5.41, 5.74) is 1.47. The van der Waals surface area contributed by atoms with Gasteiger partial charge < -0.3 is 14.8 Å². The maximum Gasteiger partial charge on any atom is 0.162 e. The molecular formula is C15H23NO2. The largest absolute Gasteiger partial charge is 0.493 e. The van der Waals surface area contributed by atoms with Crippen molar-refractivity contribution < 1.29 is 9.47 Å². The van der Waals surface area contributed by atoms with E-state index in [1.807, 2.05) is 12.1 Å². The first kappa shape index (κ1) is 13.1. The second-order valence-electron chi connectivity index (χ2n) is 5.65. The summed E-state index contributed by atoms with van der Waals surface area (Å²) < 4.78 is 10.6. The average Bonchev–Trinajstić information content (AvgIpc) is 2.68. The molecule has 18 heavy (non-hydrogen) atoms. The van der Waals surface area contributed by atoms with E-state index in [0.717, 1.165) is 17.2 Å². The Balaban J connectivity index is 2.15. The molecule has 0 aromatic heterocycles. The zero-order valence-electron chi connectivity index (χ0n) is 11.7. The fraction of sp³-hybridized carbons (Fsp3) is 0.600. The molecule has 1 aromatic carbocycles. The summed E-state index contributed by atoms with van der Waals surface area (Å²) in [6, 6.07) is 6.54. The van der Waals surface area contributed by atoms with Crippen molar-refractivity contribution in [2.45, 2.75) is 39.2 Å².